The molecule has 0 atom stereocenters. The number of hydrogen-bond acceptors (Lipinski definition) is 4. The van der Waals surface area contributed by atoms with E-state index in [-0.39, 0.29) is 23.8 Å². The van der Waals surface area contributed by atoms with Gasteiger partial charge in [0.25, 0.3) is 5.91 Å². The van der Waals surface area contributed by atoms with Crippen LogP contribution in [0.1, 0.15) is 10.4 Å². The molecule has 1 aromatic carbocycles. The van der Waals surface area contributed by atoms with Crippen molar-refractivity contribution in [3.63, 3.8) is 0 Å². The van der Waals surface area contributed by atoms with Crippen molar-refractivity contribution in [3.05, 3.63) is 23.8 Å². The quantitative estimate of drug-likeness (QED) is 0.864. The number of phenols is 1. The van der Waals surface area contributed by atoms with Crippen LogP contribution in [0.2, 0.25) is 0 Å². The number of hydrogen-bond donors (Lipinski definition) is 1. The first-order chi connectivity index (χ1) is 8.86. The van der Waals surface area contributed by atoms with Gasteiger partial charge in [0.15, 0.2) is 0 Å². The predicted octanol–water partition coefficient (Wildman–Crippen LogP) is 0.561. The number of likely N-dealkylation sites (N-methyl/N-ethyl adjacent to an activating group) is 2. The molecule has 1 rings (SSSR count). The van der Waals surface area contributed by atoms with Crippen LogP contribution in [0, 0.1) is 0 Å². The Bertz CT molecular complexity index is 486. The van der Waals surface area contributed by atoms with Gasteiger partial charge in [0.05, 0.1) is 19.2 Å². The summed E-state index contributed by atoms with van der Waals surface area (Å²) in [5, 5.41) is 9.69. The molecule has 19 heavy (non-hydrogen) atoms. The van der Waals surface area contributed by atoms with E-state index in [4.69, 9.17) is 4.74 Å². The molecule has 0 aromatic heterocycles. The van der Waals surface area contributed by atoms with Gasteiger partial charge in [-0.05, 0) is 18.2 Å². The Labute approximate surface area is 112 Å². The third-order valence-electron chi connectivity index (χ3n) is 2.65. The van der Waals surface area contributed by atoms with Crippen molar-refractivity contribution in [3.8, 4) is 11.5 Å². The van der Waals surface area contributed by atoms with Crippen LogP contribution in [0.3, 0.4) is 0 Å². The highest BCUT2D eigenvalue weighted by Crippen LogP contribution is 2.23. The largest absolute Gasteiger partial charge is 0.507 e. The molecule has 104 valence electrons. The third-order valence-corrected chi connectivity index (χ3v) is 2.65. The monoisotopic (exact) mass is 266 g/mol. The lowest BCUT2D eigenvalue weighted by Gasteiger charge is -2.19. The van der Waals surface area contributed by atoms with Gasteiger partial charge >= 0.3 is 0 Å². The van der Waals surface area contributed by atoms with Crippen LogP contribution in [0.5, 0.6) is 11.5 Å². The molecule has 0 aliphatic rings. The fourth-order valence-corrected chi connectivity index (χ4v) is 1.44. The minimum atomic E-state index is -0.438. The van der Waals surface area contributed by atoms with Crippen LogP contribution in [0.25, 0.3) is 0 Å². The lowest BCUT2D eigenvalue weighted by molar-refractivity contribution is -0.129. The van der Waals surface area contributed by atoms with Crippen LogP contribution < -0.4 is 4.74 Å². The smallest absolute Gasteiger partial charge is 0.257 e. The Kier molecular flexibility index (Phi) is 4.74. The molecule has 2 amide bonds. The molecule has 0 heterocycles. The van der Waals surface area contributed by atoms with Gasteiger partial charge in [-0.2, -0.15) is 0 Å². The number of methoxy groups -OCH3 is 1. The van der Waals surface area contributed by atoms with E-state index < -0.39 is 5.91 Å². The van der Waals surface area contributed by atoms with E-state index in [0.717, 1.165) is 0 Å². The highest BCUT2D eigenvalue weighted by molar-refractivity contribution is 5.98. The van der Waals surface area contributed by atoms with Gasteiger partial charge in [0.1, 0.15) is 11.5 Å². The first kappa shape index (κ1) is 14.8. The maximum atomic E-state index is 12.1. The second-order valence-electron chi connectivity index (χ2n) is 4.33. The van der Waals surface area contributed by atoms with Gasteiger partial charge in [0, 0.05) is 21.1 Å². The zero-order chi connectivity index (χ0) is 14.6. The highest BCUT2D eigenvalue weighted by atomic mass is 16.5. The predicted molar refractivity (Wildman–Crippen MR) is 70.3 cm³/mol. The molecule has 0 saturated carbocycles. The molecule has 0 radical (unpaired) electrons. The number of carbonyl (C=O) groups is 2. The van der Waals surface area contributed by atoms with E-state index in [9.17, 15) is 14.7 Å². The molecule has 0 unspecified atom stereocenters. The second-order valence-corrected chi connectivity index (χ2v) is 4.33. The van der Waals surface area contributed by atoms with E-state index in [1.54, 1.807) is 20.2 Å². The number of benzene rings is 1. The minimum absolute atomic E-state index is 0.0531. The number of rotatable bonds is 4. The van der Waals surface area contributed by atoms with E-state index in [2.05, 4.69) is 0 Å². The van der Waals surface area contributed by atoms with Crippen molar-refractivity contribution < 1.29 is 19.4 Å². The van der Waals surface area contributed by atoms with E-state index in [1.165, 1.54) is 36.1 Å². The Morgan fingerprint density at radius 3 is 2.42 bits per heavy atom. The second kappa shape index (κ2) is 6.08. The SMILES string of the molecule is COc1ccc(O)c(C(=O)N(C)CC(=O)N(C)C)c1. The number of phenolic OH excluding ortho intramolecular Hbond substituents is 1. The molecule has 0 aliphatic carbocycles. The van der Waals surface area contributed by atoms with Crippen molar-refractivity contribution in [1.82, 2.24) is 9.80 Å². The summed E-state index contributed by atoms with van der Waals surface area (Å²) < 4.78 is 5.00. The van der Waals surface area contributed by atoms with Gasteiger partial charge in [0.2, 0.25) is 5.91 Å². The molecule has 6 heteroatoms. The molecule has 1 N–H and O–H groups in total. The maximum absolute atomic E-state index is 12.1. The molecule has 0 bridgehead atoms. The first-order valence-electron chi connectivity index (χ1n) is 5.69. The highest BCUT2D eigenvalue weighted by Gasteiger charge is 2.19. The summed E-state index contributed by atoms with van der Waals surface area (Å²) in [5.74, 6) is -0.312. The van der Waals surface area contributed by atoms with Crippen LogP contribution in [0.15, 0.2) is 18.2 Å². The number of aromatic hydroxyl groups is 1. The van der Waals surface area contributed by atoms with Crippen molar-refractivity contribution in [2.24, 2.45) is 0 Å². The Balaban J connectivity index is 2.90. The maximum Gasteiger partial charge on any atom is 0.257 e. The molecule has 1 aromatic rings. The van der Waals surface area contributed by atoms with Crippen molar-refractivity contribution in [2.75, 3.05) is 34.8 Å². The normalized spacial score (nSPS) is 9.89. The Morgan fingerprint density at radius 2 is 1.89 bits per heavy atom. The van der Waals surface area contributed by atoms with Crippen LogP contribution in [-0.4, -0.2) is 61.5 Å². The van der Waals surface area contributed by atoms with Crippen LogP contribution in [-0.2, 0) is 4.79 Å². The summed E-state index contributed by atoms with van der Waals surface area (Å²) in [6.07, 6.45) is 0. The zero-order valence-electron chi connectivity index (χ0n) is 11.5. The molecular formula is C13H18N2O4. The first-order valence-corrected chi connectivity index (χ1v) is 5.69. The third kappa shape index (κ3) is 3.61. The van der Waals surface area contributed by atoms with E-state index in [1.807, 2.05) is 0 Å². The summed E-state index contributed by atoms with van der Waals surface area (Å²) in [6.45, 7) is -0.0531. The summed E-state index contributed by atoms with van der Waals surface area (Å²) in [7, 11) is 6.20. The average molecular weight is 266 g/mol. The van der Waals surface area contributed by atoms with E-state index >= 15 is 0 Å². The number of amides is 2. The molecule has 0 spiro atoms. The molecular weight excluding hydrogens is 248 g/mol. The minimum Gasteiger partial charge on any atom is -0.507 e. The lowest BCUT2D eigenvalue weighted by atomic mass is 10.1. The van der Waals surface area contributed by atoms with Gasteiger partial charge in [-0.3, -0.25) is 9.59 Å². The van der Waals surface area contributed by atoms with Crippen molar-refractivity contribution >= 4 is 11.8 Å². The molecule has 0 aliphatic heterocycles. The molecule has 0 saturated heterocycles. The number of nitrogens with zero attached hydrogens (tertiary/aromatic N) is 2. The van der Waals surface area contributed by atoms with Gasteiger partial charge < -0.3 is 19.6 Å². The van der Waals surface area contributed by atoms with Crippen LogP contribution >= 0.6 is 0 Å². The molecule has 0 fully saturated rings. The van der Waals surface area contributed by atoms with E-state index in [0.29, 0.717) is 5.75 Å². The lowest BCUT2D eigenvalue weighted by Crippen LogP contribution is -2.37. The van der Waals surface area contributed by atoms with Crippen LogP contribution in [0.4, 0.5) is 0 Å². The summed E-state index contributed by atoms with van der Waals surface area (Å²) in [6, 6.07) is 4.37. The van der Waals surface area contributed by atoms with Crippen molar-refractivity contribution in [1.29, 1.82) is 0 Å². The van der Waals surface area contributed by atoms with Gasteiger partial charge in [-0.1, -0.05) is 0 Å². The Morgan fingerprint density at radius 1 is 1.26 bits per heavy atom. The van der Waals surface area contributed by atoms with Gasteiger partial charge in [-0.25, -0.2) is 0 Å². The summed E-state index contributed by atoms with van der Waals surface area (Å²) >= 11 is 0. The zero-order valence-corrected chi connectivity index (χ0v) is 11.5. The van der Waals surface area contributed by atoms with Crippen molar-refractivity contribution in [2.45, 2.75) is 0 Å². The summed E-state index contributed by atoms with van der Waals surface area (Å²) in [4.78, 5) is 26.3. The van der Waals surface area contributed by atoms with Gasteiger partial charge in [-0.15, -0.1) is 0 Å². The molecule has 6 nitrogen and oxygen atoms in total. The Hall–Kier alpha value is -2.24. The topological polar surface area (TPSA) is 70.1 Å². The fourth-order valence-electron chi connectivity index (χ4n) is 1.44. The number of ether oxygens (including phenoxy) is 1. The number of carbonyl (C=O) groups excluding carboxylic acids is 2. The standard InChI is InChI=1S/C13H18N2O4/c1-14(2)12(17)8-15(3)13(18)10-7-9(19-4)5-6-11(10)16/h5-7,16H,8H2,1-4H3. The summed E-state index contributed by atoms with van der Waals surface area (Å²) in [5.41, 5.74) is 0.105. The average Bonchev–Trinajstić information content (AvgIpc) is 2.38. The fraction of sp³-hybridized carbons (Fsp3) is 0.385.